The molecule has 112 valence electrons. The molecule has 0 amide bonds. The van der Waals surface area contributed by atoms with Gasteiger partial charge in [-0.3, -0.25) is 0 Å². The Morgan fingerprint density at radius 2 is 2.10 bits per heavy atom. The number of hydrogen-bond donors (Lipinski definition) is 2. The van der Waals surface area contributed by atoms with Gasteiger partial charge in [-0.15, -0.1) is 11.3 Å². The summed E-state index contributed by atoms with van der Waals surface area (Å²) in [5, 5.41) is 10.9. The number of nitrogens with one attached hydrogen (secondary N) is 1. The lowest BCUT2D eigenvalue weighted by molar-refractivity contribution is 0.0696. The van der Waals surface area contributed by atoms with E-state index in [1.807, 2.05) is 17.5 Å². The molecule has 0 atom stereocenters. The molecule has 0 aliphatic carbocycles. The number of rotatable bonds is 6. The van der Waals surface area contributed by atoms with Gasteiger partial charge in [0.1, 0.15) is 0 Å². The van der Waals surface area contributed by atoms with Gasteiger partial charge in [-0.25, -0.2) is 17.9 Å². The van der Waals surface area contributed by atoms with Gasteiger partial charge in [-0.05, 0) is 42.5 Å². The number of aromatic carboxylic acids is 1. The van der Waals surface area contributed by atoms with Crippen LogP contribution in [0.5, 0.6) is 0 Å². The van der Waals surface area contributed by atoms with E-state index >= 15 is 0 Å². The summed E-state index contributed by atoms with van der Waals surface area (Å²) in [5.41, 5.74) is 0.475. The Kier molecular flexibility index (Phi) is 4.76. The molecule has 2 rings (SSSR count). The lowest BCUT2D eigenvalue weighted by Gasteiger charge is -2.09. The topological polar surface area (TPSA) is 83.5 Å². The van der Waals surface area contributed by atoms with Gasteiger partial charge in [0.25, 0.3) is 0 Å². The molecule has 5 nitrogen and oxygen atoms in total. The number of aryl methyl sites for hydroxylation is 1. The minimum atomic E-state index is -3.71. The van der Waals surface area contributed by atoms with Gasteiger partial charge in [-0.2, -0.15) is 0 Å². The van der Waals surface area contributed by atoms with Crippen molar-refractivity contribution in [1.29, 1.82) is 0 Å². The van der Waals surface area contributed by atoms with Crippen LogP contribution in [-0.4, -0.2) is 26.0 Å². The predicted octanol–water partition coefficient (Wildman–Crippen LogP) is 2.28. The van der Waals surface area contributed by atoms with Crippen LogP contribution >= 0.6 is 11.3 Å². The third-order valence-electron chi connectivity index (χ3n) is 2.97. The standard InChI is InChI=1S/C14H15NO4S2/c1-10-4-5-11(14(16)17)9-13(10)21(18,19)15-7-6-12-3-2-8-20-12/h2-5,8-9,15H,6-7H2,1H3,(H,16,17). The van der Waals surface area contributed by atoms with Crippen molar-refractivity contribution in [1.82, 2.24) is 4.72 Å². The van der Waals surface area contributed by atoms with Crippen LogP contribution in [0.1, 0.15) is 20.8 Å². The fraction of sp³-hybridized carbons (Fsp3) is 0.214. The Morgan fingerprint density at radius 1 is 1.33 bits per heavy atom. The lowest BCUT2D eigenvalue weighted by atomic mass is 10.1. The second-order valence-electron chi connectivity index (χ2n) is 4.51. The van der Waals surface area contributed by atoms with Crippen molar-refractivity contribution in [3.8, 4) is 0 Å². The summed E-state index contributed by atoms with van der Waals surface area (Å²) in [6.07, 6.45) is 0.606. The average molecular weight is 325 g/mol. The molecular formula is C14H15NO4S2. The molecule has 0 fully saturated rings. The highest BCUT2D eigenvalue weighted by Gasteiger charge is 2.18. The zero-order valence-corrected chi connectivity index (χ0v) is 13.0. The van der Waals surface area contributed by atoms with Crippen LogP contribution in [0.3, 0.4) is 0 Å². The number of hydrogen-bond acceptors (Lipinski definition) is 4. The summed E-state index contributed by atoms with van der Waals surface area (Å²) < 4.78 is 27.0. The number of sulfonamides is 1. The lowest BCUT2D eigenvalue weighted by Crippen LogP contribution is -2.26. The summed E-state index contributed by atoms with van der Waals surface area (Å²) in [4.78, 5) is 12.0. The van der Waals surface area contributed by atoms with Gasteiger partial charge < -0.3 is 5.11 Å². The van der Waals surface area contributed by atoms with E-state index in [0.29, 0.717) is 12.0 Å². The Hall–Kier alpha value is -1.70. The first-order chi connectivity index (χ1) is 9.90. The number of carbonyl (C=O) groups is 1. The maximum absolute atomic E-state index is 12.3. The molecule has 7 heteroatoms. The monoisotopic (exact) mass is 325 g/mol. The van der Waals surface area contributed by atoms with Crippen LogP contribution in [0.15, 0.2) is 40.6 Å². The predicted molar refractivity (Wildman–Crippen MR) is 81.3 cm³/mol. The van der Waals surface area contributed by atoms with E-state index < -0.39 is 16.0 Å². The van der Waals surface area contributed by atoms with Crippen molar-refractivity contribution in [3.05, 3.63) is 51.7 Å². The van der Waals surface area contributed by atoms with Crippen molar-refractivity contribution in [2.75, 3.05) is 6.54 Å². The minimum Gasteiger partial charge on any atom is -0.478 e. The molecule has 1 heterocycles. The van der Waals surface area contributed by atoms with Gasteiger partial charge in [0.15, 0.2) is 0 Å². The molecule has 0 spiro atoms. The molecular weight excluding hydrogens is 310 g/mol. The summed E-state index contributed by atoms with van der Waals surface area (Å²) in [6, 6.07) is 7.93. The van der Waals surface area contributed by atoms with E-state index in [1.54, 1.807) is 18.3 Å². The third kappa shape index (κ3) is 3.90. The number of benzene rings is 1. The summed E-state index contributed by atoms with van der Waals surface area (Å²) in [5.74, 6) is -1.15. The Morgan fingerprint density at radius 3 is 2.71 bits per heavy atom. The van der Waals surface area contributed by atoms with Crippen LogP contribution in [0.2, 0.25) is 0 Å². The van der Waals surface area contributed by atoms with Crippen LogP contribution in [0.4, 0.5) is 0 Å². The molecule has 1 aromatic heterocycles. The maximum atomic E-state index is 12.3. The van der Waals surface area contributed by atoms with Crippen molar-refractivity contribution < 1.29 is 18.3 Å². The van der Waals surface area contributed by atoms with E-state index in [9.17, 15) is 13.2 Å². The summed E-state index contributed by atoms with van der Waals surface area (Å²) >= 11 is 1.57. The highest BCUT2D eigenvalue weighted by atomic mass is 32.2. The fourth-order valence-electron chi connectivity index (χ4n) is 1.86. The van der Waals surface area contributed by atoms with Crippen LogP contribution < -0.4 is 4.72 Å². The van der Waals surface area contributed by atoms with Crippen LogP contribution in [0.25, 0.3) is 0 Å². The zero-order chi connectivity index (χ0) is 15.5. The highest BCUT2D eigenvalue weighted by Crippen LogP contribution is 2.17. The van der Waals surface area contributed by atoms with Crippen molar-refractivity contribution in [2.24, 2.45) is 0 Å². The third-order valence-corrected chi connectivity index (χ3v) is 5.51. The Labute approximate surface area is 127 Å². The molecule has 0 radical (unpaired) electrons. The molecule has 0 saturated carbocycles. The molecule has 0 unspecified atom stereocenters. The Bertz CT molecular complexity index is 736. The summed E-state index contributed by atoms with van der Waals surface area (Å²) in [7, 11) is -3.71. The molecule has 0 bridgehead atoms. The molecule has 2 N–H and O–H groups in total. The van der Waals surface area contributed by atoms with Gasteiger partial charge in [0, 0.05) is 11.4 Å². The largest absolute Gasteiger partial charge is 0.478 e. The second kappa shape index (κ2) is 6.38. The van der Waals surface area contributed by atoms with Crippen molar-refractivity contribution in [2.45, 2.75) is 18.2 Å². The first-order valence-corrected chi connectivity index (χ1v) is 8.62. The smallest absolute Gasteiger partial charge is 0.335 e. The molecule has 0 aliphatic rings. The average Bonchev–Trinajstić information content (AvgIpc) is 2.91. The molecule has 21 heavy (non-hydrogen) atoms. The van der Waals surface area contributed by atoms with Crippen molar-refractivity contribution >= 4 is 27.3 Å². The van der Waals surface area contributed by atoms with Gasteiger partial charge in [-0.1, -0.05) is 12.1 Å². The highest BCUT2D eigenvalue weighted by molar-refractivity contribution is 7.89. The van der Waals surface area contributed by atoms with Crippen LogP contribution in [0, 0.1) is 6.92 Å². The van der Waals surface area contributed by atoms with Gasteiger partial charge >= 0.3 is 5.97 Å². The van der Waals surface area contributed by atoms with E-state index in [1.165, 1.54) is 18.2 Å². The molecule has 2 aromatic rings. The Balaban J connectivity index is 2.15. The normalized spacial score (nSPS) is 11.5. The minimum absolute atomic E-state index is 0.00794. The molecule has 0 aliphatic heterocycles. The quantitative estimate of drug-likeness (QED) is 0.853. The SMILES string of the molecule is Cc1ccc(C(=O)O)cc1S(=O)(=O)NCCc1cccs1. The summed E-state index contributed by atoms with van der Waals surface area (Å²) in [6.45, 7) is 1.92. The first kappa shape index (κ1) is 15.7. The first-order valence-electron chi connectivity index (χ1n) is 6.26. The maximum Gasteiger partial charge on any atom is 0.335 e. The fourth-order valence-corrected chi connectivity index (χ4v) is 3.87. The second-order valence-corrected chi connectivity index (χ2v) is 7.28. The van der Waals surface area contributed by atoms with E-state index in [-0.39, 0.29) is 17.0 Å². The number of carboxylic acid groups (broad SMARTS) is 1. The van der Waals surface area contributed by atoms with Crippen LogP contribution in [-0.2, 0) is 16.4 Å². The van der Waals surface area contributed by atoms with E-state index in [2.05, 4.69) is 4.72 Å². The van der Waals surface area contributed by atoms with E-state index in [4.69, 9.17) is 5.11 Å². The number of carboxylic acids is 1. The van der Waals surface area contributed by atoms with Crippen molar-refractivity contribution in [3.63, 3.8) is 0 Å². The van der Waals surface area contributed by atoms with E-state index in [0.717, 1.165) is 4.88 Å². The molecule has 0 saturated heterocycles. The molecule has 1 aromatic carbocycles. The van der Waals surface area contributed by atoms with Gasteiger partial charge in [0.05, 0.1) is 10.5 Å². The zero-order valence-electron chi connectivity index (χ0n) is 11.4. The van der Waals surface area contributed by atoms with Gasteiger partial charge in [0.2, 0.25) is 10.0 Å². The number of thiophene rings is 1.